The average molecular weight is 331 g/mol. The van der Waals surface area contributed by atoms with Crippen molar-refractivity contribution < 1.29 is 38.1 Å². The molecule has 0 aromatic rings. The Morgan fingerprint density at radius 1 is 0.826 bits per heavy atom. The fraction of sp³-hybridized carbons (Fsp3) is 0.714. The molecule has 5 unspecified atom stereocenters. The largest absolute Gasteiger partial charge is 0.456 e. The van der Waals surface area contributed by atoms with Gasteiger partial charge in [0.1, 0.15) is 0 Å². The molecule has 9 heteroatoms. The summed E-state index contributed by atoms with van der Waals surface area (Å²) >= 11 is 0. The molecular weight excluding hydrogens is 310 g/mol. The number of carbonyl (C=O) groups excluding carboxylic acids is 4. The maximum Gasteiger partial charge on any atom is 0.305 e. The maximum absolute atomic E-state index is 11.4. The number of ether oxygens (including phenoxy) is 4. The van der Waals surface area contributed by atoms with Crippen molar-refractivity contribution in [2.45, 2.75) is 65.3 Å². The Morgan fingerprint density at radius 3 is 1.74 bits per heavy atom. The van der Waals surface area contributed by atoms with Gasteiger partial charge in [-0.3, -0.25) is 19.2 Å². The lowest BCUT2D eigenvalue weighted by atomic mass is 9.96. The van der Waals surface area contributed by atoms with Gasteiger partial charge >= 0.3 is 17.9 Å². The molecule has 1 aliphatic rings. The summed E-state index contributed by atoms with van der Waals surface area (Å²) < 4.78 is 20.8. The Labute approximate surface area is 133 Å². The monoisotopic (exact) mass is 331 g/mol. The summed E-state index contributed by atoms with van der Waals surface area (Å²) in [5, 5.41) is 2.59. The van der Waals surface area contributed by atoms with Crippen molar-refractivity contribution in [1.82, 2.24) is 5.32 Å². The fourth-order valence-corrected chi connectivity index (χ4v) is 2.34. The molecule has 130 valence electrons. The molecule has 0 radical (unpaired) electrons. The Hall–Kier alpha value is -2.16. The van der Waals surface area contributed by atoms with Crippen molar-refractivity contribution in [2.24, 2.45) is 0 Å². The molecule has 0 bridgehead atoms. The van der Waals surface area contributed by atoms with Crippen LogP contribution in [-0.4, -0.2) is 54.5 Å². The third-order valence-corrected chi connectivity index (χ3v) is 3.06. The molecule has 9 nitrogen and oxygen atoms in total. The summed E-state index contributed by atoms with van der Waals surface area (Å²) in [5.74, 6) is -2.35. The summed E-state index contributed by atoms with van der Waals surface area (Å²) in [6.45, 7) is 6.39. The van der Waals surface area contributed by atoms with Gasteiger partial charge in [-0.25, -0.2) is 0 Å². The Bertz CT molecular complexity index is 491. The third kappa shape index (κ3) is 5.51. The molecule has 0 aromatic carbocycles. The second kappa shape index (κ2) is 7.91. The molecule has 1 amide bonds. The number of rotatable bonds is 4. The zero-order valence-electron chi connectivity index (χ0n) is 13.7. The second-order valence-corrected chi connectivity index (χ2v) is 5.19. The van der Waals surface area contributed by atoms with E-state index in [1.165, 1.54) is 20.8 Å². The summed E-state index contributed by atoms with van der Waals surface area (Å²) in [4.78, 5) is 45.3. The standard InChI is InChI=1S/C14H21NO8/c1-6-11(15-7(2)16)12(21-8(3)17)13(22-9(4)18)14(20-6)23-10(5)19/h6,11-14H,1-5H3,(H,15,16). The summed E-state index contributed by atoms with van der Waals surface area (Å²) in [6, 6.07) is -0.771. The maximum atomic E-state index is 11.4. The number of carbonyl (C=O) groups is 4. The van der Waals surface area contributed by atoms with E-state index in [1.807, 2.05) is 0 Å². The first-order valence-electron chi connectivity index (χ1n) is 7.06. The van der Waals surface area contributed by atoms with Crippen LogP contribution in [0.25, 0.3) is 0 Å². The van der Waals surface area contributed by atoms with Crippen LogP contribution in [0.5, 0.6) is 0 Å². The van der Waals surface area contributed by atoms with Crippen LogP contribution in [0.1, 0.15) is 34.6 Å². The highest BCUT2D eigenvalue weighted by atomic mass is 16.7. The van der Waals surface area contributed by atoms with E-state index in [2.05, 4.69) is 5.32 Å². The van der Waals surface area contributed by atoms with E-state index in [0.29, 0.717) is 0 Å². The molecule has 1 rings (SSSR count). The summed E-state index contributed by atoms with van der Waals surface area (Å²) in [6.07, 6.45) is -4.16. The van der Waals surface area contributed by atoms with E-state index in [1.54, 1.807) is 6.92 Å². The molecule has 0 spiro atoms. The van der Waals surface area contributed by atoms with Crippen molar-refractivity contribution in [3.05, 3.63) is 0 Å². The molecule has 5 atom stereocenters. The number of amides is 1. The van der Waals surface area contributed by atoms with Crippen molar-refractivity contribution in [3.63, 3.8) is 0 Å². The molecule has 1 saturated heterocycles. The average Bonchev–Trinajstić information content (AvgIpc) is 2.36. The van der Waals surface area contributed by atoms with E-state index < -0.39 is 48.6 Å². The highest BCUT2D eigenvalue weighted by Crippen LogP contribution is 2.27. The minimum absolute atomic E-state index is 0.380. The molecule has 23 heavy (non-hydrogen) atoms. The van der Waals surface area contributed by atoms with Crippen LogP contribution < -0.4 is 5.32 Å². The molecule has 0 aliphatic carbocycles. The molecule has 1 fully saturated rings. The Kier molecular flexibility index (Phi) is 6.49. The minimum atomic E-state index is -1.25. The second-order valence-electron chi connectivity index (χ2n) is 5.19. The van der Waals surface area contributed by atoms with Crippen LogP contribution in [0.15, 0.2) is 0 Å². The molecule has 1 aliphatic heterocycles. The van der Waals surface area contributed by atoms with Crippen LogP contribution in [0.4, 0.5) is 0 Å². The minimum Gasteiger partial charge on any atom is -0.456 e. The van der Waals surface area contributed by atoms with Crippen molar-refractivity contribution in [2.75, 3.05) is 0 Å². The highest BCUT2D eigenvalue weighted by Gasteiger charge is 2.50. The first-order valence-corrected chi connectivity index (χ1v) is 7.06. The zero-order valence-corrected chi connectivity index (χ0v) is 13.7. The van der Waals surface area contributed by atoms with E-state index in [4.69, 9.17) is 18.9 Å². The number of hydrogen-bond donors (Lipinski definition) is 1. The van der Waals surface area contributed by atoms with Crippen molar-refractivity contribution in [1.29, 1.82) is 0 Å². The van der Waals surface area contributed by atoms with Gasteiger partial charge < -0.3 is 24.3 Å². The van der Waals surface area contributed by atoms with E-state index in [0.717, 1.165) is 6.92 Å². The predicted molar refractivity (Wildman–Crippen MR) is 74.8 cm³/mol. The van der Waals surface area contributed by atoms with Crippen LogP contribution in [0.2, 0.25) is 0 Å². The molecular formula is C14H21NO8. The van der Waals surface area contributed by atoms with Gasteiger partial charge in [0, 0.05) is 27.7 Å². The molecule has 1 N–H and O–H groups in total. The topological polar surface area (TPSA) is 117 Å². The van der Waals surface area contributed by atoms with Gasteiger partial charge in [0.25, 0.3) is 0 Å². The number of nitrogens with one attached hydrogen (secondary N) is 1. The van der Waals surface area contributed by atoms with Gasteiger partial charge in [-0.15, -0.1) is 0 Å². The highest BCUT2D eigenvalue weighted by molar-refractivity contribution is 5.73. The van der Waals surface area contributed by atoms with Crippen molar-refractivity contribution in [3.8, 4) is 0 Å². The first kappa shape index (κ1) is 18.9. The van der Waals surface area contributed by atoms with Crippen LogP contribution >= 0.6 is 0 Å². The first-order chi connectivity index (χ1) is 10.6. The van der Waals surface area contributed by atoms with Gasteiger partial charge in [0.2, 0.25) is 18.3 Å². The van der Waals surface area contributed by atoms with Gasteiger partial charge in [-0.2, -0.15) is 0 Å². The van der Waals surface area contributed by atoms with E-state index in [9.17, 15) is 19.2 Å². The van der Waals surface area contributed by atoms with Crippen LogP contribution in [-0.2, 0) is 38.1 Å². The molecule has 1 heterocycles. The van der Waals surface area contributed by atoms with Crippen LogP contribution in [0, 0.1) is 0 Å². The number of hydrogen-bond acceptors (Lipinski definition) is 8. The van der Waals surface area contributed by atoms with Gasteiger partial charge in [-0.05, 0) is 6.92 Å². The normalized spacial score (nSPS) is 30.0. The third-order valence-electron chi connectivity index (χ3n) is 3.06. The lowest BCUT2D eigenvalue weighted by Crippen LogP contribution is -2.65. The van der Waals surface area contributed by atoms with Gasteiger partial charge in [0.15, 0.2) is 6.10 Å². The summed E-state index contributed by atoms with van der Waals surface area (Å²) in [7, 11) is 0. The SMILES string of the molecule is CC(=O)NC1C(C)OC(OC(C)=O)C(OC(C)=O)C1OC(C)=O. The molecule has 0 aromatic heterocycles. The quantitative estimate of drug-likeness (QED) is 0.549. The summed E-state index contributed by atoms with van der Waals surface area (Å²) in [5.41, 5.74) is 0. The van der Waals surface area contributed by atoms with E-state index in [-0.39, 0.29) is 5.91 Å². The Balaban J connectivity index is 3.15. The lowest BCUT2D eigenvalue weighted by molar-refractivity contribution is -0.271. The van der Waals surface area contributed by atoms with Crippen LogP contribution in [0.3, 0.4) is 0 Å². The Morgan fingerprint density at radius 2 is 1.30 bits per heavy atom. The zero-order chi connectivity index (χ0) is 17.7. The van der Waals surface area contributed by atoms with Gasteiger partial charge in [0.05, 0.1) is 12.1 Å². The lowest BCUT2D eigenvalue weighted by Gasteiger charge is -2.43. The smallest absolute Gasteiger partial charge is 0.305 e. The number of esters is 3. The predicted octanol–water partition coefficient (Wildman–Crippen LogP) is -0.338. The van der Waals surface area contributed by atoms with Crippen molar-refractivity contribution >= 4 is 23.8 Å². The van der Waals surface area contributed by atoms with Gasteiger partial charge in [-0.1, -0.05) is 0 Å². The van der Waals surface area contributed by atoms with E-state index >= 15 is 0 Å². The fourth-order valence-electron chi connectivity index (χ4n) is 2.34. The molecule has 0 saturated carbocycles.